The van der Waals surface area contributed by atoms with Crippen molar-refractivity contribution in [1.82, 2.24) is 15.1 Å². The fourth-order valence-corrected chi connectivity index (χ4v) is 2.34. The van der Waals surface area contributed by atoms with Crippen LogP contribution in [0, 0.1) is 0 Å². The van der Waals surface area contributed by atoms with Crippen molar-refractivity contribution in [2.45, 2.75) is 19.5 Å². The van der Waals surface area contributed by atoms with Gasteiger partial charge in [0.05, 0.1) is 10.0 Å². The maximum Gasteiger partial charge on any atom is 0.0595 e. The number of hydrogen-bond donors (Lipinski definition) is 2. The standard InChI is InChI=1S/C14H17Cl2N3O/c15-13-3-2-11(8-14(13)16)9-19(6-1-7-20)10-12-4-5-17-18-12/h2-5,8,20H,1,6-7,9-10H2,(H,17,18). The molecule has 4 nitrogen and oxygen atoms in total. The highest BCUT2D eigenvalue weighted by Crippen LogP contribution is 2.23. The van der Waals surface area contributed by atoms with Gasteiger partial charge < -0.3 is 5.11 Å². The molecule has 0 amide bonds. The Kier molecular flexibility index (Phi) is 5.86. The number of halogens is 2. The lowest BCUT2D eigenvalue weighted by molar-refractivity contribution is 0.211. The summed E-state index contributed by atoms with van der Waals surface area (Å²) >= 11 is 12.0. The number of rotatable bonds is 7. The first-order valence-electron chi connectivity index (χ1n) is 6.44. The lowest BCUT2D eigenvalue weighted by Crippen LogP contribution is -2.25. The number of nitrogens with one attached hydrogen (secondary N) is 1. The zero-order chi connectivity index (χ0) is 14.4. The van der Waals surface area contributed by atoms with Gasteiger partial charge in [-0.1, -0.05) is 29.3 Å². The number of aliphatic hydroxyl groups is 1. The van der Waals surface area contributed by atoms with Gasteiger partial charge in [-0.15, -0.1) is 0 Å². The van der Waals surface area contributed by atoms with Crippen LogP contribution in [0.15, 0.2) is 30.5 Å². The van der Waals surface area contributed by atoms with Gasteiger partial charge in [-0.25, -0.2) is 0 Å². The SMILES string of the molecule is OCCCN(Cc1ccc(Cl)c(Cl)c1)Cc1ccn[nH]1. The van der Waals surface area contributed by atoms with E-state index >= 15 is 0 Å². The molecule has 0 saturated heterocycles. The molecule has 0 radical (unpaired) electrons. The van der Waals surface area contributed by atoms with Crippen molar-refractivity contribution in [2.24, 2.45) is 0 Å². The van der Waals surface area contributed by atoms with E-state index in [2.05, 4.69) is 15.1 Å². The highest BCUT2D eigenvalue weighted by molar-refractivity contribution is 6.42. The van der Waals surface area contributed by atoms with Crippen molar-refractivity contribution in [1.29, 1.82) is 0 Å². The molecule has 0 aliphatic carbocycles. The van der Waals surface area contributed by atoms with Gasteiger partial charge in [0, 0.05) is 38.1 Å². The van der Waals surface area contributed by atoms with Crippen LogP contribution in [0.4, 0.5) is 0 Å². The minimum absolute atomic E-state index is 0.181. The molecule has 0 atom stereocenters. The smallest absolute Gasteiger partial charge is 0.0595 e. The summed E-state index contributed by atoms with van der Waals surface area (Å²) in [5.41, 5.74) is 2.14. The summed E-state index contributed by atoms with van der Waals surface area (Å²) in [4.78, 5) is 2.23. The van der Waals surface area contributed by atoms with Gasteiger partial charge in [-0.2, -0.15) is 5.10 Å². The molecule has 108 valence electrons. The molecule has 1 aromatic carbocycles. The van der Waals surface area contributed by atoms with Crippen LogP contribution in [-0.2, 0) is 13.1 Å². The van der Waals surface area contributed by atoms with Gasteiger partial charge in [-0.3, -0.25) is 10.00 Å². The largest absolute Gasteiger partial charge is 0.396 e. The van der Waals surface area contributed by atoms with E-state index in [0.29, 0.717) is 10.0 Å². The molecule has 0 bridgehead atoms. The summed E-state index contributed by atoms with van der Waals surface area (Å²) in [5, 5.41) is 17.0. The third kappa shape index (κ3) is 4.49. The van der Waals surface area contributed by atoms with Gasteiger partial charge in [0.15, 0.2) is 0 Å². The maximum atomic E-state index is 9.00. The lowest BCUT2D eigenvalue weighted by atomic mass is 10.2. The van der Waals surface area contributed by atoms with E-state index in [4.69, 9.17) is 28.3 Å². The zero-order valence-electron chi connectivity index (χ0n) is 11.0. The molecule has 2 aromatic rings. The van der Waals surface area contributed by atoms with Gasteiger partial charge >= 0.3 is 0 Å². The predicted octanol–water partition coefficient (Wildman–Crippen LogP) is 3.10. The number of benzene rings is 1. The first-order valence-corrected chi connectivity index (χ1v) is 7.20. The van der Waals surface area contributed by atoms with Gasteiger partial charge in [0.1, 0.15) is 0 Å². The van der Waals surface area contributed by atoms with E-state index in [0.717, 1.165) is 37.3 Å². The van der Waals surface area contributed by atoms with Gasteiger partial charge in [0.25, 0.3) is 0 Å². The Morgan fingerprint density at radius 2 is 2.00 bits per heavy atom. The summed E-state index contributed by atoms with van der Waals surface area (Å²) in [6, 6.07) is 7.59. The average Bonchev–Trinajstić information content (AvgIpc) is 2.93. The number of nitrogens with zero attached hydrogens (tertiary/aromatic N) is 2. The topological polar surface area (TPSA) is 52.1 Å². The number of aromatic amines is 1. The van der Waals surface area contributed by atoms with E-state index in [1.165, 1.54) is 0 Å². The molecule has 0 unspecified atom stereocenters. The van der Waals surface area contributed by atoms with E-state index in [1.54, 1.807) is 12.3 Å². The average molecular weight is 314 g/mol. The first kappa shape index (κ1) is 15.3. The third-order valence-corrected chi connectivity index (χ3v) is 3.71. The Morgan fingerprint density at radius 1 is 1.15 bits per heavy atom. The Labute approximate surface area is 128 Å². The number of H-pyrrole nitrogens is 1. The summed E-state index contributed by atoms with van der Waals surface area (Å²) in [5.74, 6) is 0. The van der Waals surface area contributed by atoms with Gasteiger partial charge in [0.2, 0.25) is 0 Å². The molecule has 1 aromatic heterocycles. The lowest BCUT2D eigenvalue weighted by Gasteiger charge is -2.21. The van der Waals surface area contributed by atoms with Crippen molar-refractivity contribution in [3.05, 3.63) is 51.8 Å². The Balaban J connectivity index is 2.04. The zero-order valence-corrected chi connectivity index (χ0v) is 12.5. The van der Waals surface area contributed by atoms with Crippen molar-refractivity contribution in [3.8, 4) is 0 Å². The van der Waals surface area contributed by atoms with Crippen molar-refractivity contribution >= 4 is 23.2 Å². The summed E-state index contributed by atoms with van der Waals surface area (Å²) < 4.78 is 0. The molecule has 0 aliphatic rings. The minimum atomic E-state index is 0.181. The Hall–Kier alpha value is -1.07. The molecule has 20 heavy (non-hydrogen) atoms. The minimum Gasteiger partial charge on any atom is -0.396 e. The highest BCUT2D eigenvalue weighted by atomic mass is 35.5. The predicted molar refractivity (Wildman–Crippen MR) is 80.9 cm³/mol. The van der Waals surface area contributed by atoms with Crippen LogP contribution in [0.25, 0.3) is 0 Å². The highest BCUT2D eigenvalue weighted by Gasteiger charge is 2.09. The van der Waals surface area contributed by atoms with Crippen LogP contribution < -0.4 is 0 Å². The second-order valence-corrected chi connectivity index (χ2v) is 5.43. The molecule has 2 N–H and O–H groups in total. The van der Waals surface area contributed by atoms with E-state index in [-0.39, 0.29) is 6.61 Å². The van der Waals surface area contributed by atoms with Crippen molar-refractivity contribution < 1.29 is 5.11 Å². The monoisotopic (exact) mass is 313 g/mol. The molecule has 0 fully saturated rings. The molecular weight excluding hydrogens is 297 g/mol. The fourth-order valence-electron chi connectivity index (χ4n) is 2.02. The summed E-state index contributed by atoms with van der Waals surface area (Å²) in [7, 11) is 0. The third-order valence-electron chi connectivity index (χ3n) is 2.98. The molecule has 0 aliphatic heterocycles. The molecule has 0 saturated carbocycles. The second kappa shape index (κ2) is 7.64. The van der Waals surface area contributed by atoms with Crippen LogP contribution >= 0.6 is 23.2 Å². The Morgan fingerprint density at radius 3 is 2.65 bits per heavy atom. The number of hydrogen-bond acceptors (Lipinski definition) is 3. The van der Waals surface area contributed by atoms with Crippen LogP contribution in [0.2, 0.25) is 10.0 Å². The molecular formula is C14H17Cl2N3O. The maximum absolute atomic E-state index is 9.00. The summed E-state index contributed by atoms with van der Waals surface area (Å²) in [6.45, 7) is 2.48. The van der Waals surface area contributed by atoms with Crippen LogP contribution in [0.3, 0.4) is 0 Å². The fraction of sp³-hybridized carbons (Fsp3) is 0.357. The van der Waals surface area contributed by atoms with Gasteiger partial charge in [-0.05, 0) is 30.2 Å². The number of aromatic nitrogens is 2. The van der Waals surface area contributed by atoms with E-state index < -0.39 is 0 Å². The van der Waals surface area contributed by atoms with Crippen LogP contribution in [0.5, 0.6) is 0 Å². The van der Waals surface area contributed by atoms with E-state index in [1.807, 2.05) is 18.2 Å². The molecule has 0 spiro atoms. The quantitative estimate of drug-likeness (QED) is 0.826. The Bertz CT molecular complexity index is 531. The second-order valence-electron chi connectivity index (χ2n) is 4.62. The van der Waals surface area contributed by atoms with Crippen molar-refractivity contribution in [2.75, 3.05) is 13.2 Å². The number of aliphatic hydroxyl groups excluding tert-OH is 1. The molecule has 1 heterocycles. The van der Waals surface area contributed by atoms with Crippen LogP contribution in [0.1, 0.15) is 17.7 Å². The molecule has 2 rings (SSSR count). The molecule has 6 heteroatoms. The first-order chi connectivity index (χ1) is 9.69. The van der Waals surface area contributed by atoms with Crippen molar-refractivity contribution in [3.63, 3.8) is 0 Å². The van der Waals surface area contributed by atoms with E-state index in [9.17, 15) is 0 Å². The summed E-state index contributed by atoms with van der Waals surface area (Å²) in [6.07, 6.45) is 2.47. The van der Waals surface area contributed by atoms with Crippen LogP contribution in [-0.4, -0.2) is 33.4 Å². The normalized spacial score (nSPS) is 11.2.